The third-order valence-electron chi connectivity index (χ3n) is 3.14. The molecule has 0 aliphatic rings. The predicted molar refractivity (Wildman–Crippen MR) is 83.5 cm³/mol. The van der Waals surface area contributed by atoms with Crippen molar-refractivity contribution in [1.29, 1.82) is 0 Å². The van der Waals surface area contributed by atoms with Gasteiger partial charge in [-0.3, -0.25) is 0 Å². The number of benzene rings is 2. The minimum atomic E-state index is -1.01. The van der Waals surface area contributed by atoms with Crippen LogP contribution in [0.1, 0.15) is 10.4 Å². The highest BCUT2D eigenvalue weighted by Crippen LogP contribution is 2.28. The standard InChI is InChI=1S/C16H10BrNO3/c17-10-4-5-14-12(7-10)13(16(20)21)8-15(18-14)9-2-1-3-11(19)6-9/h1-8,19H,(H,20,21). The molecule has 0 aliphatic carbocycles. The second-order valence-electron chi connectivity index (χ2n) is 4.57. The van der Waals surface area contributed by atoms with Crippen molar-refractivity contribution in [3.63, 3.8) is 0 Å². The normalized spacial score (nSPS) is 10.7. The second-order valence-corrected chi connectivity index (χ2v) is 5.49. The highest BCUT2D eigenvalue weighted by Gasteiger charge is 2.13. The van der Waals surface area contributed by atoms with E-state index in [1.54, 1.807) is 36.4 Å². The summed E-state index contributed by atoms with van der Waals surface area (Å²) < 4.78 is 0.796. The lowest BCUT2D eigenvalue weighted by Gasteiger charge is -2.08. The number of pyridine rings is 1. The predicted octanol–water partition coefficient (Wildman–Crippen LogP) is 4.07. The molecule has 2 aromatic carbocycles. The molecule has 3 aromatic rings. The molecule has 0 amide bonds. The van der Waals surface area contributed by atoms with E-state index >= 15 is 0 Å². The number of rotatable bonds is 2. The van der Waals surface area contributed by atoms with E-state index in [0.29, 0.717) is 22.2 Å². The number of carbonyl (C=O) groups is 1. The SMILES string of the molecule is O=C(O)c1cc(-c2cccc(O)c2)nc2ccc(Br)cc12. The Balaban J connectivity index is 2.31. The zero-order valence-corrected chi connectivity index (χ0v) is 12.3. The smallest absolute Gasteiger partial charge is 0.336 e. The average Bonchev–Trinajstić information content (AvgIpc) is 2.46. The first-order valence-electron chi connectivity index (χ1n) is 6.17. The van der Waals surface area contributed by atoms with Gasteiger partial charge in [-0.15, -0.1) is 0 Å². The molecule has 2 N–H and O–H groups in total. The third kappa shape index (κ3) is 2.60. The fraction of sp³-hybridized carbons (Fsp3) is 0. The van der Waals surface area contributed by atoms with Crippen LogP contribution < -0.4 is 0 Å². The average molecular weight is 344 g/mol. The summed E-state index contributed by atoms with van der Waals surface area (Å²) >= 11 is 3.33. The summed E-state index contributed by atoms with van der Waals surface area (Å²) in [6.07, 6.45) is 0. The van der Waals surface area contributed by atoms with Gasteiger partial charge in [0.15, 0.2) is 0 Å². The first-order valence-corrected chi connectivity index (χ1v) is 6.97. The van der Waals surface area contributed by atoms with Crippen molar-refractivity contribution in [1.82, 2.24) is 4.98 Å². The van der Waals surface area contributed by atoms with Gasteiger partial charge < -0.3 is 10.2 Å². The van der Waals surface area contributed by atoms with Gasteiger partial charge in [-0.2, -0.15) is 0 Å². The van der Waals surface area contributed by atoms with Crippen molar-refractivity contribution in [3.8, 4) is 17.0 Å². The number of carboxylic acid groups (broad SMARTS) is 1. The molecule has 104 valence electrons. The zero-order valence-electron chi connectivity index (χ0n) is 10.7. The summed E-state index contributed by atoms with van der Waals surface area (Å²) in [6, 6.07) is 13.4. The lowest BCUT2D eigenvalue weighted by Crippen LogP contribution is -2.00. The monoisotopic (exact) mass is 343 g/mol. The molecule has 4 nitrogen and oxygen atoms in total. The summed E-state index contributed by atoms with van der Waals surface area (Å²) in [7, 11) is 0. The first kappa shape index (κ1) is 13.6. The molecular weight excluding hydrogens is 334 g/mol. The molecule has 21 heavy (non-hydrogen) atoms. The van der Waals surface area contributed by atoms with Crippen LogP contribution in [0.15, 0.2) is 53.0 Å². The number of halogens is 1. The Hall–Kier alpha value is -2.40. The lowest BCUT2D eigenvalue weighted by molar-refractivity contribution is 0.0699. The van der Waals surface area contributed by atoms with Gasteiger partial charge in [-0.25, -0.2) is 9.78 Å². The van der Waals surface area contributed by atoms with Crippen LogP contribution in [0.2, 0.25) is 0 Å². The molecule has 1 heterocycles. The Labute approximate surface area is 128 Å². The largest absolute Gasteiger partial charge is 0.508 e. The molecule has 0 radical (unpaired) electrons. The zero-order chi connectivity index (χ0) is 15.0. The number of hydrogen-bond acceptors (Lipinski definition) is 3. The van der Waals surface area contributed by atoms with Crippen LogP contribution in [0.5, 0.6) is 5.75 Å². The van der Waals surface area contributed by atoms with Gasteiger partial charge in [0.25, 0.3) is 0 Å². The van der Waals surface area contributed by atoms with Crippen molar-refractivity contribution in [3.05, 3.63) is 58.6 Å². The fourth-order valence-electron chi connectivity index (χ4n) is 2.19. The summed E-state index contributed by atoms with van der Waals surface area (Å²) in [4.78, 5) is 16.0. The van der Waals surface area contributed by atoms with Gasteiger partial charge in [0.1, 0.15) is 5.75 Å². The number of phenolic OH excluding ortho intramolecular Hbond substituents is 1. The molecular formula is C16H10BrNO3. The number of fused-ring (bicyclic) bond motifs is 1. The van der Waals surface area contributed by atoms with E-state index in [1.165, 1.54) is 6.07 Å². The number of hydrogen-bond donors (Lipinski definition) is 2. The van der Waals surface area contributed by atoms with Gasteiger partial charge in [0.2, 0.25) is 0 Å². The van der Waals surface area contributed by atoms with Crippen LogP contribution in [-0.2, 0) is 0 Å². The molecule has 0 atom stereocenters. The molecule has 0 aliphatic heterocycles. The van der Waals surface area contributed by atoms with Gasteiger partial charge in [0, 0.05) is 15.4 Å². The van der Waals surface area contributed by atoms with Crippen molar-refractivity contribution in [2.75, 3.05) is 0 Å². The minimum absolute atomic E-state index is 0.113. The van der Waals surface area contributed by atoms with Crippen molar-refractivity contribution in [2.24, 2.45) is 0 Å². The van der Waals surface area contributed by atoms with E-state index in [4.69, 9.17) is 0 Å². The quantitative estimate of drug-likeness (QED) is 0.735. The highest BCUT2D eigenvalue weighted by molar-refractivity contribution is 9.10. The summed E-state index contributed by atoms with van der Waals surface area (Å²) in [5.41, 5.74) is 1.96. The third-order valence-corrected chi connectivity index (χ3v) is 3.64. The van der Waals surface area contributed by atoms with Crippen LogP contribution in [-0.4, -0.2) is 21.2 Å². The summed E-state index contributed by atoms with van der Waals surface area (Å²) in [6.45, 7) is 0. The number of aromatic carboxylic acids is 1. The number of nitrogens with zero attached hydrogens (tertiary/aromatic N) is 1. The number of carboxylic acids is 1. The second kappa shape index (κ2) is 5.18. The van der Waals surface area contributed by atoms with E-state index in [2.05, 4.69) is 20.9 Å². The number of phenols is 1. The minimum Gasteiger partial charge on any atom is -0.508 e. The van der Waals surface area contributed by atoms with E-state index in [1.807, 2.05) is 6.07 Å². The van der Waals surface area contributed by atoms with Gasteiger partial charge in [-0.05, 0) is 36.4 Å². The summed E-state index contributed by atoms with van der Waals surface area (Å²) in [5.74, 6) is -0.899. The highest BCUT2D eigenvalue weighted by atomic mass is 79.9. The van der Waals surface area contributed by atoms with Gasteiger partial charge in [0.05, 0.1) is 16.8 Å². The van der Waals surface area contributed by atoms with E-state index in [0.717, 1.165) is 4.47 Å². The molecule has 3 rings (SSSR count). The maximum atomic E-state index is 11.5. The first-order chi connectivity index (χ1) is 10.0. The van der Waals surface area contributed by atoms with Crippen LogP contribution in [0.3, 0.4) is 0 Å². The lowest BCUT2D eigenvalue weighted by atomic mass is 10.0. The van der Waals surface area contributed by atoms with Gasteiger partial charge in [-0.1, -0.05) is 28.1 Å². The van der Waals surface area contributed by atoms with Crippen LogP contribution >= 0.6 is 15.9 Å². The van der Waals surface area contributed by atoms with Crippen molar-refractivity contribution in [2.45, 2.75) is 0 Å². The Morgan fingerprint density at radius 1 is 1.10 bits per heavy atom. The van der Waals surface area contributed by atoms with E-state index < -0.39 is 5.97 Å². The maximum Gasteiger partial charge on any atom is 0.336 e. The molecule has 0 fully saturated rings. The topological polar surface area (TPSA) is 70.4 Å². The molecule has 1 aromatic heterocycles. The molecule has 0 saturated heterocycles. The van der Waals surface area contributed by atoms with Crippen LogP contribution in [0, 0.1) is 0 Å². The molecule has 0 bridgehead atoms. The van der Waals surface area contributed by atoms with E-state index in [-0.39, 0.29) is 11.3 Å². The molecule has 5 heteroatoms. The Morgan fingerprint density at radius 2 is 1.90 bits per heavy atom. The number of aromatic hydroxyl groups is 1. The molecule has 0 unspecified atom stereocenters. The number of aromatic nitrogens is 1. The van der Waals surface area contributed by atoms with Crippen LogP contribution in [0.4, 0.5) is 0 Å². The fourth-order valence-corrected chi connectivity index (χ4v) is 2.55. The Bertz CT molecular complexity index is 861. The molecule has 0 saturated carbocycles. The molecule has 0 spiro atoms. The Kier molecular flexibility index (Phi) is 3.35. The Morgan fingerprint density at radius 3 is 2.62 bits per heavy atom. The maximum absolute atomic E-state index is 11.5. The van der Waals surface area contributed by atoms with Crippen molar-refractivity contribution >= 4 is 32.8 Å². The summed E-state index contributed by atoms with van der Waals surface area (Å²) in [5, 5.41) is 19.5. The van der Waals surface area contributed by atoms with E-state index in [9.17, 15) is 15.0 Å². The van der Waals surface area contributed by atoms with Gasteiger partial charge >= 0.3 is 5.97 Å². The van der Waals surface area contributed by atoms with Crippen LogP contribution in [0.25, 0.3) is 22.2 Å². The van der Waals surface area contributed by atoms with Crippen molar-refractivity contribution < 1.29 is 15.0 Å².